The summed E-state index contributed by atoms with van der Waals surface area (Å²) in [6, 6.07) is 10.8. The molecule has 0 aliphatic heterocycles. The second-order valence-electron chi connectivity index (χ2n) is 3.39. The molecule has 1 rings (SSSR count). The third-order valence-electron chi connectivity index (χ3n) is 2.25. The molecule has 0 aliphatic carbocycles. The highest BCUT2D eigenvalue weighted by atomic mass is 16.5. The van der Waals surface area contributed by atoms with E-state index >= 15 is 0 Å². The SMILES string of the molecule is CCOC(=O)C(C#N)c1ccc(CC#N)cc1. The first-order valence-electron chi connectivity index (χ1n) is 5.25. The standard InChI is InChI=1S/C13H12N2O2/c1-2-17-13(16)12(9-15)11-5-3-10(4-6-11)7-8-14/h3-6,12H,2,7H2,1H3. The second kappa shape index (κ2) is 6.30. The third kappa shape index (κ3) is 3.32. The Hall–Kier alpha value is -2.33. The van der Waals surface area contributed by atoms with E-state index in [0.717, 1.165) is 5.56 Å². The van der Waals surface area contributed by atoms with Crippen molar-refractivity contribution in [2.45, 2.75) is 19.3 Å². The van der Waals surface area contributed by atoms with Gasteiger partial charge in [-0.15, -0.1) is 0 Å². The molecular formula is C13H12N2O2. The number of esters is 1. The molecule has 0 heterocycles. The zero-order valence-electron chi connectivity index (χ0n) is 9.51. The fourth-order valence-corrected chi connectivity index (χ4v) is 1.41. The Labute approximate surface area is 100 Å². The molecule has 0 fully saturated rings. The van der Waals surface area contributed by atoms with Gasteiger partial charge >= 0.3 is 5.97 Å². The maximum atomic E-state index is 11.5. The highest BCUT2D eigenvalue weighted by Gasteiger charge is 2.21. The van der Waals surface area contributed by atoms with Crippen LogP contribution in [0, 0.1) is 22.7 Å². The highest BCUT2D eigenvalue weighted by Crippen LogP contribution is 2.17. The summed E-state index contributed by atoms with van der Waals surface area (Å²) in [4.78, 5) is 11.5. The van der Waals surface area contributed by atoms with Gasteiger partial charge in [0.2, 0.25) is 0 Å². The molecule has 0 radical (unpaired) electrons. The van der Waals surface area contributed by atoms with Crippen molar-refractivity contribution in [3.63, 3.8) is 0 Å². The van der Waals surface area contributed by atoms with Crippen LogP contribution in [0.25, 0.3) is 0 Å². The van der Waals surface area contributed by atoms with Gasteiger partial charge in [0.1, 0.15) is 0 Å². The van der Waals surface area contributed by atoms with Crippen LogP contribution >= 0.6 is 0 Å². The molecule has 0 saturated heterocycles. The van der Waals surface area contributed by atoms with E-state index in [1.807, 2.05) is 12.1 Å². The quantitative estimate of drug-likeness (QED) is 0.738. The number of carbonyl (C=O) groups is 1. The second-order valence-corrected chi connectivity index (χ2v) is 3.39. The molecule has 1 unspecified atom stereocenters. The molecule has 0 N–H and O–H groups in total. The normalized spacial score (nSPS) is 11.0. The van der Waals surface area contributed by atoms with Crippen LogP contribution in [-0.4, -0.2) is 12.6 Å². The highest BCUT2D eigenvalue weighted by molar-refractivity contribution is 5.81. The molecule has 0 bridgehead atoms. The Morgan fingerprint density at radius 3 is 2.47 bits per heavy atom. The van der Waals surface area contributed by atoms with Gasteiger partial charge in [0.05, 0.1) is 25.2 Å². The Morgan fingerprint density at radius 2 is 2.00 bits per heavy atom. The summed E-state index contributed by atoms with van der Waals surface area (Å²) in [7, 11) is 0. The Bertz CT molecular complexity index is 466. The molecule has 4 nitrogen and oxygen atoms in total. The van der Waals surface area contributed by atoms with Crippen molar-refractivity contribution in [2.24, 2.45) is 0 Å². The van der Waals surface area contributed by atoms with Crippen LogP contribution in [0.1, 0.15) is 24.0 Å². The van der Waals surface area contributed by atoms with Crippen molar-refractivity contribution in [3.8, 4) is 12.1 Å². The maximum absolute atomic E-state index is 11.5. The lowest BCUT2D eigenvalue weighted by molar-refractivity contribution is -0.143. The number of ether oxygens (including phenoxy) is 1. The van der Waals surface area contributed by atoms with Crippen LogP contribution in [0.2, 0.25) is 0 Å². The number of rotatable bonds is 4. The number of nitriles is 2. The molecule has 0 amide bonds. The topological polar surface area (TPSA) is 73.9 Å². The van der Waals surface area contributed by atoms with E-state index in [2.05, 4.69) is 0 Å². The Morgan fingerprint density at radius 1 is 1.35 bits per heavy atom. The molecule has 1 aromatic carbocycles. The molecule has 1 aromatic rings. The summed E-state index contributed by atoms with van der Waals surface area (Å²) in [5.41, 5.74) is 1.45. The van der Waals surface area contributed by atoms with E-state index in [0.29, 0.717) is 12.0 Å². The molecule has 4 heteroatoms. The predicted molar refractivity (Wildman–Crippen MR) is 60.7 cm³/mol. The van der Waals surface area contributed by atoms with Crippen LogP contribution in [-0.2, 0) is 16.0 Å². The third-order valence-corrected chi connectivity index (χ3v) is 2.25. The van der Waals surface area contributed by atoms with Crippen LogP contribution in [0.3, 0.4) is 0 Å². The van der Waals surface area contributed by atoms with E-state index in [-0.39, 0.29) is 6.61 Å². The van der Waals surface area contributed by atoms with E-state index in [4.69, 9.17) is 15.3 Å². The first-order chi connectivity index (χ1) is 8.22. The van der Waals surface area contributed by atoms with E-state index in [1.165, 1.54) is 0 Å². The summed E-state index contributed by atoms with van der Waals surface area (Å²) >= 11 is 0. The molecule has 1 atom stereocenters. The molecular weight excluding hydrogens is 216 g/mol. The maximum Gasteiger partial charge on any atom is 0.327 e. The van der Waals surface area contributed by atoms with Crippen LogP contribution in [0.15, 0.2) is 24.3 Å². The van der Waals surface area contributed by atoms with E-state index in [9.17, 15) is 4.79 Å². The van der Waals surface area contributed by atoms with Gasteiger partial charge in [-0.2, -0.15) is 10.5 Å². The summed E-state index contributed by atoms with van der Waals surface area (Å²) in [5.74, 6) is -1.44. The summed E-state index contributed by atoms with van der Waals surface area (Å²) < 4.78 is 4.81. The molecule has 86 valence electrons. The van der Waals surface area contributed by atoms with Gasteiger partial charge in [-0.1, -0.05) is 24.3 Å². The number of hydrogen-bond acceptors (Lipinski definition) is 4. The fourth-order valence-electron chi connectivity index (χ4n) is 1.41. The molecule has 0 aliphatic rings. The average Bonchev–Trinajstić information content (AvgIpc) is 2.33. The zero-order valence-corrected chi connectivity index (χ0v) is 9.51. The smallest absolute Gasteiger partial charge is 0.327 e. The summed E-state index contributed by atoms with van der Waals surface area (Å²) in [5, 5.41) is 17.5. The number of benzene rings is 1. The Kier molecular flexibility index (Phi) is 4.72. The van der Waals surface area contributed by atoms with Gasteiger partial charge in [-0.25, -0.2) is 0 Å². The van der Waals surface area contributed by atoms with Crippen LogP contribution in [0.5, 0.6) is 0 Å². The van der Waals surface area contributed by atoms with Crippen molar-refractivity contribution in [2.75, 3.05) is 6.61 Å². The lowest BCUT2D eigenvalue weighted by Crippen LogP contribution is -2.14. The monoisotopic (exact) mass is 228 g/mol. The van der Waals surface area contributed by atoms with Gasteiger partial charge in [-0.3, -0.25) is 4.79 Å². The van der Waals surface area contributed by atoms with Crippen molar-refractivity contribution < 1.29 is 9.53 Å². The molecule has 0 aromatic heterocycles. The average molecular weight is 228 g/mol. The van der Waals surface area contributed by atoms with Gasteiger partial charge < -0.3 is 4.74 Å². The first kappa shape index (κ1) is 12.7. The largest absolute Gasteiger partial charge is 0.465 e. The van der Waals surface area contributed by atoms with Gasteiger partial charge in [0.15, 0.2) is 5.92 Å². The minimum Gasteiger partial charge on any atom is -0.465 e. The van der Waals surface area contributed by atoms with Crippen LogP contribution < -0.4 is 0 Å². The molecule has 0 saturated carbocycles. The van der Waals surface area contributed by atoms with Crippen molar-refractivity contribution in [1.82, 2.24) is 0 Å². The molecule has 17 heavy (non-hydrogen) atoms. The van der Waals surface area contributed by atoms with Crippen LogP contribution in [0.4, 0.5) is 0 Å². The lowest BCUT2D eigenvalue weighted by atomic mass is 9.99. The lowest BCUT2D eigenvalue weighted by Gasteiger charge is -2.08. The van der Waals surface area contributed by atoms with Crippen molar-refractivity contribution in [3.05, 3.63) is 35.4 Å². The first-order valence-corrected chi connectivity index (χ1v) is 5.25. The predicted octanol–water partition coefficient (Wildman–Crippen LogP) is 1.92. The number of carbonyl (C=O) groups excluding carboxylic acids is 1. The summed E-state index contributed by atoms with van der Waals surface area (Å²) in [6.07, 6.45) is 0.316. The van der Waals surface area contributed by atoms with Gasteiger partial charge in [0, 0.05) is 0 Å². The van der Waals surface area contributed by atoms with Gasteiger partial charge in [0.25, 0.3) is 0 Å². The van der Waals surface area contributed by atoms with Gasteiger partial charge in [-0.05, 0) is 18.1 Å². The number of hydrogen-bond donors (Lipinski definition) is 0. The minimum absolute atomic E-state index is 0.254. The number of nitrogens with zero attached hydrogens (tertiary/aromatic N) is 2. The van der Waals surface area contributed by atoms with Crippen molar-refractivity contribution >= 4 is 5.97 Å². The fraction of sp³-hybridized carbons (Fsp3) is 0.308. The Balaban J connectivity index is 2.87. The van der Waals surface area contributed by atoms with E-state index in [1.54, 1.807) is 31.2 Å². The summed E-state index contributed by atoms with van der Waals surface area (Å²) in [6.45, 7) is 1.95. The minimum atomic E-state index is -0.897. The van der Waals surface area contributed by atoms with Crippen molar-refractivity contribution in [1.29, 1.82) is 10.5 Å². The van der Waals surface area contributed by atoms with E-state index < -0.39 is 11.9 Å². The molecule has 0 spiro atoms. The zero-order chi connectivity index (χ0) is 12.7.